The fourth-order valence-electron chi connectivity index (χ4n) is 3.87. The van der Waals surface area contributed by atoms with Gasteiger partial charge in [-0.3, -0.25) is 0 Å². The molecule has 0 saturated heterocycles. The molecule has 35 heavy (non-hydrogen) atoms. The molecule has 0 saturated carbocycles. The van der Waals surface area contributed by atoms with Gasteiger partial charge < -0.3 is 10.4 Å². The number of nitrogens with one attached hydrogen (secondary N) is 1. The molecule has 0 fully saturated rings. The second kappa shape index (κ2) is 9.51. The van der Waals surface area contributed by atoms with Crippen molar-refractivity contribution in [2.75, 3.05) is 5.32 Å². The first kappa shape index (κ1) is 26.5. The maximum absolute atomic E-state index is 14.3. The van der Waals surface area contributed by atoms with E-state index in [4.69, 9.17) is 0 Å². The highest BCUT2D eigenvalue weighted by molar-refractivity contribution is 5.55. The molecular formula is C28H30F5NO. The lowest BCUT2D eigenvalue weighted by Crippen LogP contribution is -2.18. The van der Waals surface area contributed by atoms with E-state index in [1.54, 1.807) is 24.3 Å². The average molecular weight is 492 g/mol. The number of benzene rings is 3. The van der Waals surface area contributed by atoms with Gasteiger partial charge in [-0.1, -0.05) is 65.8 Å². The molecular weight excluding hydrogens is 461 g/mol. The monoisotopic (exact) mass is 491 g/mol. The third kappa shape index (κ3) is 5.44. The standard InChI is InChI=1S/C28H30F5NO/c1-27(2,3)17-11-16(26(35)19(13-17)28(4,5)6)14-34-20-10-8-7-9-15(20)12-18-21(29)23(31)25(33)24(32)22(18)30/h7-11,13,34-35H,12,14H2,1-6H3. The van der Waals surface area contributed by atoms with E-state index >= 15 is 0 Å². The van der Waals surface area contributed by atoms with Crippen molar-refractivity contribution >= 4 is 5.69 Å². The van der Waals surface area contributed by atoms with Crippen LogP contribution in [-0.2, 0) is 23.8 Å². The predicted molar refractivity (Wildman–Crippen MR) is 128 cm³/mol. The van der Waals surface area contributed by atoms with Crippen molar-refractivity contribution in [3.63, 3.8) is 0 Å². The summed E-state index contributed by atoms with van der Waals surface area (Å²) in [6.07, 6.45) is -0.504. The van der Waals surface area contributed by atoms with Gasteiger partial charge in [-0.05, 0) is 39.7 Å². The highest BCUT2D eigenvalue weighted by atomic mass is 19.2. The first-order chi connectivity index (χ1) is 16.1. The van der Waals surface area contributed by atoms with E-state index in [0.29, 0.717) is 16.8 Å². The number of phenols is 1. The summed E-state index contributed by atoms with van der Waals surface area (Å²) in [6, 6.07) is 10.4. The van der Waals surface area contributed by atoms with E-state index in [2.05, 4.69) is 26.1 Å². The number of para-hydroxylation sites is 1. The van der Waals surface area contributed by atoms with E-state index in [-0.39, 0.29) is 23.1 Å². The number of halogens is 5. The van der Waals surface area contributed by atoms with Crippen LogP contribution >= 0.6 is 0 Å². The van der Waals surface area contributed by atoms with Crippen LogP contribution < -0.4 is 5.32 Å². The molecule has 0 radical (unpaired) electrons. The van der Waals surface area contributed by atoms with Gasteiger partial charge in [0.05, 0.1) is 0 Å². The Morgan fingerprint density at radius 1 is 0.714 bits per heavy atom. The van der Waals surface area contributed by atoms with Crippen LogP contribution in [0.25, 0.3) is 0 Å². The van der Waals surface area contributed by atoms with Crippen molar-refractivity contribution in [3.05, 3.63) is 93.3 Å². The highest BCUT2D eigenvalue weighted by Gasteiger charge is 2.27. The molecule has 0 heterocycles. The molecule has 3 rings (SSSR count). The predicted octanol–water partition coefficient (Wildman–Crippen LogP) is 7.89. The van der Waals surface area contributed by atoms with Gasteiger partial charge in [0.1, 0.15) is 5.75 Å². The van der Waals surface area contributed by atoms with Crippen LogP contribution in [0.2, 0.25) is 0 Å². The Morgan fingerprint density at radius 3 is 1.80 bits per heavy atom. The molecule has 0 aliphatic heterocycles. The van der Waals surface area contributed by atoms with Crippen LogP contribution in [0.15, 0.2) is 36.4 Å². The first-order valence-corrected chi connectivity index (χ1v) is 11.3. The Morgan fingerprint density at radius 2 is 1.26 bits per heavy atom. The minimum atomic E-state index is -2.18. The highest BCUT2D eigenvalue weighted by Crippen LogP contribution is 2.38. The zero-order valence-electron chi connectivity index (χ0n) is 20.7. The van der Waals surface area contributed by atoms with E-state index < -0.39 is 41.1 Å². The summed E-state index contributed by atoms with van der Waals surface area (Å²) in [5.41, 5.74) is 1.86. The molecule has 0 spiro atoms. The van der Waals surface area contributed by atoms with Crippen LogP contribution in [-0.4, -0.2) is 5.11 Å². The summed E-state index contributed by atoms with van der Waals surface area (Å²) in [5.74, 6) is -9.66. The van der Waals surface area contributed by atoms with Crippen molar-refractivity contribution in [3.8, 4) is 5.75 Å². The molecule has 0 bridgehead atoms. The number of phenolic OH excluding ortho intramolecular Hbond substituents is 1. The molecule has 188 valence electrons. The topological polar surface area (TPSA) is 32.3 Å². The average Bonchev–Trinajstić information content (AvgIpc) is 2.77. The third-order valence-electron chi connectivity index (χ3n) is 6.02. The molecule has 0 aromatic heterocycles. The molecule has 7 heteroatoms. The van der Waals surface area contributed by atoms with Crippen LogP contribution in [0.5, 0.6) is 5.75 Å². The fourth-order valence-corrected chi connectivity index (χ4v) is 3.87. The third-order valence-corrected chi connectivity index (χ3v) is 6.02. The molecule has 0 aliphatic carbocycles. The second-order valence-corrected chi connectivity index (χ2v) is 10.8. The van der Waals surface area contributed by atoms with Gasteiger partial charge in [0.15, 0.2) is 23.3 Å². The minimum Gasteiger partial charge on any atom is -0.507 e. The number of rotatable bonds is 5. The Kier molecular flexibility index (Phi) is 7.21. The summed E-state index contributed by atoms with van der Waals surface area (Å²) in [7, 11) is 0. The van der Waals surface area contributed by atoms with Crippen LogP contribution in [0.4, 0.5) is 27.6 Å². The van der Waals surface area contributed by atoms with Crippen molar-refractivity contribution in [2.45, 2.75) is 65.3 Å². The number of hydrogen-bond donors (Lipinski definition) is 2. The largest absolute Gasteiger partial charge is 0.507 e. The number of aromatic hydroxyl groups is 1. The minimum absolute atomic E-state index is 0.148. The Bertz CT molecular complexity index is 1230. The molecule has 3 aromatic rings. The molecule has 0 unspecified atom stereocenters. The van der Waals surface area contributed by atoms with Gasteiger partial charge in [-0.15, -0.1) is 0 Å². The summed E-state index contributed by atoms with van der Waals surface area (Å²) in [5, 5.41) is 14.2. The van der Waals surface area contributed by atoms with Gasteiger partial charge in [0.25, 0.3) is 0 Å². The van der Waals surface area contributed by atoms with Gasteiger partial charge in [0.2, 0.25) is 5.82 Å². The maximum atomic E-state index is 14.3. The number of anilines is 1. The summed E-state index contributed by atoms with van der Waals surface area (Å²) in [4.78, 5) is 0. The summed E-state index contributed by atoms with van der Waals surface area (Å²) < 4.78 is 69.3. The summed E-state index contributed by atoms with van der Waals surface area (Å²) >= 11 is 0. The molecule has 0 aliphatic rings. The first-order valence-electron chi connectivity index (χ1n) is 11.3. The van der Waals surface area contributed by atoms with E-state index in [1.807, 2.05) is 32.9 Å². The molecule has 2 N–H and O–H groups in total. The lowest BCUT2D eigenvalue weighted by atomic mass is 9.79. The maximum Gasteiger partial charge on any atom is 0.200 e. The quantitative estimate of drug-likeness (QED) is 0.216. The Hall–Kier alpha value is -3.09. The molecule has 2 nitrogen and oxygen atoms in total. The van der Waals surface area contributed by atoms with Crippen LogP contribution in [0.3, 0.4) is 0 Å². The summed E-state index contributed by atoms with van der Waals surface area (Å²) in [6.45, 7) is 12.4. The van der Waals surface area contributed by atoms with Gasteiger partial charge in [-0.2, -0.15) is 0 Å². The normalized spacial score (nSPS) is 12.2. The molecule has 0 amide bonds. The lowest BCUT2D eigenvalue weighted by molar-refractivity contribution is 0.371. The Balaban J connectivity index is 1.99. The van der Waals surface area contributed by atoms with Gasteiger partial charge in [-0.25, -0.2) is 22.0 Å². The zero-order chi connectivity index (χ0) is 26.3. The Labute approximate surface area is 202 Å². The van der Waals surface area contributed by atoms with E-state index in [0.717, 1.165) is 11.1 Å². The van der Waals surface area contributed by atoms with E-state index in [9.17, 15) is 27.1 Å². The van der Waals surface area contributed by atoms with Crippen molar-refractivity contribution in [2.24, 2.45) is 0 Å². The fraction of sp³-hybridized carbons (Fsp3) is 0.357. The van der Waals surface area contributed by atoms with Crippen molar-refractivity contribution < 1.29 is 27.1 Å². The van der Waals surface area contributed by atoms with Gasteiger partial charge >= 0.3 is 0 Å². The zero-order valence-corrected chi connectivity index (χ0v) is 20.7. The number of hydrogen-bond acceptors (Lipinski definition) is 2. The lowest BCUT2D eigenvalue weighted by Gasteiger charge is -2.28. The van der Waals surface area contributed by atoms with Crippen molar-refractivity contribution in [1.29, 1.82) is 0 Å². The SMILES string of the molecule is CC(C)(C)c1cc(CNc2ccccc2Cc2c(F)c(F)c(F)c(F)c2F)c(O)c(C(C)(C)C)c1. The van der Waals surface area contributed by atoms with Crippen molar-refractivity contribution in [1.82, 2.24) is 0 Å². The molecule has 3 aromatic carbocycles. The van der Waals surface area contributed by atoms with Gasteiger partial charge in [0, 0.05) is 29.8 Å². The van der Waals surface area contributed by atoms with Crippen LogP contribution in [0, 0.1) is 29.1 Å². The van der Waals surface area contributed by atoms with Crippen LogP contribution in [0.1, 0.15) is 69.4 Å². The van der Waals surface area contributed by atoms with E-state index in [1.165, 1.54) is 0 Å². The molecule has 0 atom stereocenters. The smallest absolute Gasteiger partial charge is 0.200 e. The second-order valence-electron chi connectivity index (χ2n) is 10.8.